The van der Waals surface area contributed by atoms with Gasteiger partial charge in [-0.25, -0.2) is 0 Å². The summed E-state index contributed by atoms with van der Waals surface area (Å²) in [7, 11) is 0. The lowest BCUT2D eigenvalue weighted by Gasteiger charge is -2.41. The van der Waals surface area contributed by atoms with Crippen molar-refractivity contribution in [1.82, 2.24) is 15.1 Å². The van der Waals surface area contributed by atoms with Crippen LogP contribution in [0.25, 0.3) is 0 Å². The highest BCUT2D eigenvalue weighted by Crippen LogP contribution is 2.42. The lowest BCUT2D eigenvalue weighted by molar-refractivity contribution is -0.151. The first kappa shape index (κ1) is 15.4. The van der Waals surface area contributed by atoms with Crippen LogP contribution in [0.5, 0.6) is 0 Å². The number of hydrogen-bond acceptors (Lipinski definition) is 3. The predicted molar refractivity (Wildman–Crippen MR) is 90.7 cm³/mol. The van der Waals surface area contributed by atoms with Crippen molar-refractivity contribution in [3.63, 3.8) is 0 Å². The van der Waals surface area contributed by atoms with Crippen LogP contribution in [0.15, 0.2) is 24.3 Å². The number of hydrogen-bond donors (Lipinski definition) is 1. The van der Waals surface area contributed by atoms with Gasteiger partial charge in [0.1, 0.15) is 5.60 Å². The molecule has 1 spiro atoms. The van der Waals surface area contributed by atoms with Crippen molar-refractivity contribution >= 4 is 5.91 Å². The van der Waals surface area contributed by atoms with Crippen molar-refractivity contribution in [1.29, 1.82) is 0 Å². The normalized spacial score (nSPS) is 22.8. The van der Waals surface area contributed by atoms with Gasteiger partial charge in [-0.2, -0.15) is 5.10 Å². The zero-order chi connectivity index (χ0) is 16.7. The summed E-state index contributed by atoms with van der Waals surface area (Å²) in [5, 5.41) is 7.16. The highest BCUT2D eigenvalue weighted by molar-refractivity contribution is 5.79. The average Bonchev–Trinajstić information content (AvgIpc) is 3.11. The molecule has 5 nitrogen and oxygen atoms in total. The average molecular weight is 325 g/mol. The Hall–Kier alpha value is -2.14. The smallest absolute Gasteiger partial charge is 0.227 e. The summed E-state index contributed by atoms with van der Waals surface area (Å²) < 4.78 is 6.20. The van der Waals surface area contributed by atoms with E-state index in [2.05, 4.69) is 34.5 Å². The number of amides is 1. The maximum absolute atomic E-state index is 12.9. The fraction of sp³-hybridized carbons (Fsp3) is 0.474. The number of aromatic amines is 1. The maximum atomic E-state index is 12.9. The number of fused-ring (bicyclic) bond motifs is 2. The van der Waals surface area contributed by atoms with Crippen LogP contribution in [-0.2, 0) is 28.0 Å². The number of H-pyrrole nitrogens is 1. The summed E-state index contributed by atoms with van der Waals surface area (Å²) in [5.41, 5.74) is 5.22. The molecule has 1 aromatic heterocycles. The molecule has 1 aliphatic carbocycles. The molecule has 0 bridgehead atoms. The van der Waals surface area contributed by atoms with Gasteiger partial charge >= 0.3 is 0 Å². The number of ether oxygens (including phenoxy) is 1. The van der Waals surface area contributed by atoms with Crippen molar-refractivity contribution in [2.45, 2.75) is 38.7 Å². The van der Waals surface area contributed by atoms with E-state index in [1.807, 2.05) is 18.7 Å². The first-order valence-corrected chi connectivity index (χ1v) is 8.60. The quantitative estimate of drug-likeness (QED) is 0.921. The molecule has 2 heterocycles. The molecule has 1 N–H and O–H groups in total. The Labute approximate surface area is 142 Å². The molecule has 1 atom stereocenters. The van der Waals surface area contributed by atoms with E-state index in [-0.39, 0.29) is 11.5 Å². The van der Waals surface area contributed by atoms with Crippen LogP contribution in [0.2, 0.25) is 0 Å². The first-order chi connectivity index (χ1) is 11.6. The largest absolute Gasteiger partial charge is 0.367 e. The van der Waals surface area contributed by atoms with E-state index in [0.717, 1.165) is 29.8 Å². The minimum absolute atomic E-state index is 0.162. The van der Waals surface area contributed by atoms with Gasteiger partial charge in [-0.05, 0) is 37.8 Å². The molecule has 1 saturated heterocycles. The molecule has 2 aromatic rings. The Bertz CT molecular complexity index is 759. The third kappa shape index (κ3) is 2.44. The molecular weight excluding hydrogens is 302 g/mol. The number of benzene rings is 1. The molecule has 1 aromatic carbocycles. The lowest BCUT2D eigenvalue weighted by atomic mass is 9.93. The van der Waals surface area contributed by atoms with Gasteiger partial charge < -0.3 is 9.64 Å². The molecule has 1 unspecified atom stereocenters. The SMILES string of the molecule is Cc1n[nH]c(C)c1CC(=O)N1CCOC2(CCc3ccccc32)C1. The second-order valence-corrected chi connectivity index (χ2v) is 6.90. The predicted octanol–water partition coefficient (Wildman–Crippen LogP) is 2.27. The molecule has 24 heavy (non-hydrogen) atoms. The van der Waals surface area contributed by atoms with E-state index >= 15 is 0 Å². The molecule has 1 fully saturated rings. The van der Waals surface area contributed by atoms with Gasteiger partial charge in [0.25, 0.3) is 0 Å². The zero-order valence-electron chi connectivity index (χ0n) is 14.3. The monoisotopic (exact) mass is 325 g/mol. The van der Waals surface area contributed by atoms with Crippen LogP contribution >= 0.6 is 0 Å². The van der Waals surface area contributed by atoms with Crippen LogP contribution < -0.4 is 0 Å². The highest BCUT2D eigenvalue weighted by atomic mass is 16.5. The third-order valence-electron chi connectivity index (χ3n) is 5.45. The van der Waals surface area contributed by atoms with E-state index in [0.29, 0.717) is 26.1 Å². The molecule has 1 aliphatic heterocycles. The number of aryl methyl sites for hydroxylation is 3. The summed E-state index contributed by atoms with van der Waals surface area (Å²) >= 11 is 0. The minimum atomic E-state index is -0.314. The highest BCUT2D eigenvalue weighted by Gasteiger charge is 2.44. The van der Waals surface area contributed by atoms with Gasteiger partial charge in [0.05, 0.1) is 25.3 Å². The topological polar surface area (TPSA) is 58.2 Å². The summed E-state index contributed by atoms with van der Waals surface area (Å²) in [6, 6.07) is 8.47. The third-order valence-corrected chi connectivity index (χ3v) is 5.45. The van der Waals surface area contributed by atoms with E-state index in [9.17, 15) is 4.79 Å². The molecule has 4 rings (SSSR count). The molecule has 0 saturated carbocycles. The van der Waals surface area contributed by atoms with E-state index in [4.69, 9.17) is 4.74 Å². The number of nitrogens with zero attached hydrogens (tertiary/aromatic N) is 2. The van der Waals surface area contributed by atoms with Crippen molar-refractivity contribution in [3.8, 4) is 0 Å². The maximum Gasteiger partial charge on any atom is 0.227 e. The number of carbonyl (C=O) groups is 1. The number of aromatic nitrogens is 2. The van der Waals surface area contributed by atoms with Crippen molar-refractivity contribution in [2.24, 2.45) is 0 Å². The van der Waals surface area contributed by atoms with E-state index < -0.39 is 0 Å². The standard InChI is InChI=1S/C19H23N3O2/c1-13-16(14(2)21-20-13)11-18(23)22-9-10-24-19(12-22)8-7-15-5-3-4-6-17(15)19/h3-6H,7-12H2,1-2H3,(H,20,21). The van der Waals surface area contributed by atoms with E-state index in [1.165, 1.54) is 11.1 Å². The number of carbonyl (C=O) groups excluding carboxylic acids is 1. The van der Waals surface area contributed by atoms with Gasteiger partial charge in [-0.15, -0.1) is 0 Å². The Balaban J connectivity index is 1.55. The molecule has 2 aliphatic rings. The first-order valence-electron chi connectivity index (χ1n) is 8.60. The number of nitrogens with one attached hydrogen (secondary N) is 1. The Morgan fingerprint density at radius 1 is 1.38 bits per heavy atom. The fourth-order valence-electron chi connectivity index (χ4n) is 4.06. The van der Waals surface area contributed by atoms with Crippen LogP contribution in [-0.4, -0.2) is 40.7 Å². The second-order valence-electron chi connectivity index (χ2n) is 6.90. The second kappa shape index (κ2) is 5.74. The van der Waals surface area contributed by atoms with E-state index in [1.54, 1.807) is 0 Å². The summed E-state index contributed by atoms with van der Waals surface area (Å²) in [4.78, 5) is 14.8. The number of morpholine rings is 1. The van der Waals surface area contributed by atoms with Crippen LogP contribution in [0, 0.1) is 13.8 Å². The molecule has 1 amide bonds. The van der Waals surface area contributed by atoms with Crippen molar-refractivity contribution in [2.75, 3.05) is 19.7 Å². The summed E-state index contributed by atoms with van der Waals surface area (Å²) in [6.07, 6.45) is 2.39. The van der Waals surface area contributed by atoms with Gasteiger partial charge in [0, 0.05) is 17.8 Å². The van der Waals surface area contributed by atoms with Crippen LogP contribution in [0.1, 0.15) is 34.5 Å². The van der Waals surface area contributed by atoms with Gasteiger partial charge in [0.15, 0.2) is 0 Å². The van der Waals surface area contributed by atoms with Crippen molar-refractivity contribution in [3.05, 3.63) is 52.3 Å². The molecule has 0 radical (unpaired) electrons. The zero-order valence-corrected chi connectivity index (χ0v) is 14.3. The molecule has 5 heteroatoms. The minimum Gasteiger partial charge on any atom is -0.367 e. The van der Waals surface area contributed by atoms with Gasteiger partial charge in [-0.1, -0.05) is 24.3 Å². The molecule has 126 valence electrons. The Morgan fingerprint density at radius 2 is 2.21 bits per heavy atom. The van der Waals surface area contributed by atoms with Gasteiger partial charge in [0.2, 0.25) is 5.91 Å². The molecular formula is C19H23N3O2. The Kier molecular flexibility index (Phi) is 3.68. The van der Waals surface area contributed by atoms with Crippen molar-refractivity contribution < 1.29 is 9.53 Å². The summed E-state index contributed by atoms with van der Waals surface area (Å²) in [5.74, 6) is 0.162. The number of rotatable bonds is 2. The van der Waals surface area contributed by atoms with Crippen LogP contribution in [0.3, 0.4) is 0 Å². The van der Waals surface area contributed by atoms with Gasteiger partial charge in [-0.3, -0.25) is 9.89 Å². The Morgan fingerprint density at radius 3 is 3.00 bits per heavy atom. The van der Waals surface area contributed by atoms with Crippen LogP contribution in [0.4, 0.5) is 0 Å². The summed E-state index contributed by atoms with van der Waals surface area (Å²) in [6.45, 7) is 5.83. The lowest BCUT2D eigenvalue weighted by Crippen LogP contribution is -2.51. The fourth-order valence-corrected chi connectivity index (χ4v) is 4.06.